The van der Waals surface area contributed by atoms with Crippen molar-refractivity contribution in [3.8, 4) is 4.97 Å². The summed E-state index contributed by atoms with van der Waals surface area (Å²) in [6.45, 7) is 0. The van der Waals surface area contributed by atoms with Crippen LogP contribution in [0, 0.1) is 10.2 Å². The van der Waals surface area contributed by atoms with Crippen LogP contribution < -0.4 is 0 Å². The molecule has 0 fully saturated rings. The summed E-state index contributed by atoms with van der Waals surface area (Å²) in [4.78, 5) is 1.50. The van der Waals surface area contributed by atoms with Gasteiger partial charge in [0.15, 0.2) is 0 Å². The van der Waals surface area contributed by atoms with E-state index in [2.05, 4.69) is 16.0 Å². The maximum atomic E-state index is 8.00. The first-order chi connectivity index (χ1) is 2.41. The average Bonchev–Trinajstić information content (AvgIpc) is 1.46. The predicted molar refractivity (Wildman–Crippen MR) is 6.30 cm³/mol. The molecule has 0 aliphatic heterocycles. The van der Waals surface area contributed by atoms with Crippen LogP contribution in [0.2, 0.25) is 0 Å². The van der Waals surface area contributed by atoms with Gasteiger partial charge in [-0.25, -0.2) is 0 Å². The number of hydrogen-bond donors (Lipinski definition) is 0. The first kappa shape index (κ1) is 9.01. The molecule has 0 aromatic rings. The minimum absolute atomic E-state index is 1.50. The zero-order valence-electron chi connectivity index (χ0n) is 2.06. The van der Waals surface area contributed by atoms with Crippen LogP contribution >= 0.6 is 0 Å². The van der Waals surface area contributed by atoms with Crippen molar-refractivity contribution in [3.05, 3.63) is 0 Å². The fraction of sp³-hybridized carbons (Fsp3) is 0. The Morgan fingerprint density at radius 2 is 1.60 bits per heavy atom. The predicted octanol–water partition coefficient (Wildman–Crippen LogP) is -0.107. The molecule has 0 aromatic carbocycles. The molecule has 0 aromatic heterocycles. The fourth-order valence-corrected chi connectivity index (χ4v) is 0. The van der Waals surface area contributed by atoms with Crippen molar-refractivity contribution in [1.29, 1.82) is 5.26 Å². The molecule has 31 valence electrons. The summed E-state index contributed by atoms with van der Waals surface area (Å²) in [6.07, 6.45) is 0. The number of hydrogen-bond acceptors (Lipinski definition) is 2. The van der Waals surface area contributed by atoms with E-state index in [-0.39, 0.29) is 0 Å². The standard InChI is InChI=1S/CN.2Fe.O/c1-2;;;. The molecule has 0 aliphatic rings. The van der Waals surface area contributed by atoms with Gasteiger partial charge in [0.2, 0.25) is 0 Å². The SMILES string of the molecule is N#[C][Fe].[O]=[Fe]. The summed E-state index contributed by atoms with van der Waals surface area (Å²) in [6, 6.07) is 0. The van der Waals surface area contributed by atoms with E-state index >= 15 is 0 Å². The second-order valence-electron chi connectivity index (χ2n) is 0.0791. The minimum atomic E-state index is 1.50. The van der Waals surface area contributed by atoms with Gasteiger partial charge in [-0.3, -0.25) is 0 Å². The number of nitriles is 1. The topological polar surface area (TPSA) is 40.9 Å². The Labute approximate surface area is 46.4 Å². The molecule has 5 heavy (non-hydrogen) atoms. The van der Waals surface area contributed by atoms with Crippen LogP contribution in [0.5, 0.6) is 0 Å². The van der Waals surface area contributed by atoms with Crippen molar-refractivity contribution in [3.63, 3.8) is 0 Å². The van der Waals surface area contributed by atoms with E-state index in [1.165, 1.54) is 4.97 Å². The first-order valence-electron chi connectivity index (χ1n) is 0.545. The van der Waals surface area contributed by atoms with E-state index in [0.717, 1.165) is 0 Å². The third kappa shape index (κ3) is 217. The molecular formula is CFe2NO. The van der Waals surface area contributed by atoms with Crippen LogP contribution in [0.1, 0.15) is 0 Å². The number of rotatable bonds is 0. The van der Waals surface area contributed by atoms with Crippen LogP contribution in [0.3, 0.4) is 0 Å². The quantitative estimate of drug-likeness (QED) is 0.456. The molecule has 0 atom stereocenters. The summed E-state index contributed by atoms with van der Waals surface area (Å²) in [5.41, 5.74) is 0. The Bertz CT molecular complexity index is 39.4. The third-order valence-corrected chi connectivity index (χ3v) is 0. The molecule has 0 heterocycles. The first-order valence-corrected chi connectivity index (χ1v) is 1.55. The van der Waals surface area contributed by atoms with Gasteiger partial charge in [-0.1, -0.05) is 0 Å². The molecule has 0 rings (SSSR count). The van der Waals surface area contributed by atoms with Crippen LogP contribution in [-0.4, -0.2) is 0 Å². The molecule has 4 heteroatoms. The van der Waals surface area contributed by atoms with Crippen molar-refractivity contribution >= 4 is 0 Å². The van der Waals surface area contributed by atoms with E-state index in [4.69, 9.17) is 9.10 Å². The van der Waals surface area contributed by atoms with Crippen molar-refractivity contribution in [1.82, 2.24) is 0 Å². The summed E-state index contributed by atoms with van der Waals surface area (Å²) in [5.74, 6) is 0. The van der Waals surface area contributed by atoms with Gasteiger partial charge in [0.1, 0.15) is 0 Å². The van der Waals surface area contributed by atoms with E-state index in [1.807, 2.05) is 15.9 Å². The van der Waals surface area contributed by atoms with Crippen molar-refractivity contribution in [2.24, 2.45) is 0 Å². The molecule has 0 spiro atoms. The molecule has 2 nitrogen and oxygen atoms in total. The molecule has 0 unspecified atom stereocenters. The van der Waals surface area contributed by atoms with E-state index in [1.54, 1.807) is 0 Å². The van der Waals surface area contributed by atoms with Gasteiger partial charge in [-0.15, -0.1) is 0 Å². The number of nitrogens with zero attached hydrogens (tertiary/aromatic N) is 1. The summed E-state index contributed by atoms with van der Waals surface area (Å²) >= 11 is 4.79. The summed E-state index contributed by atoms with van der Waals surface area (Å²) in [5, 5.41) is 7.21. The van der Waals surface area contributed by atoms with Crippen LogP contribution in [0.4, 0.5) is 0 Å². The van der Waals surface area contributed by atoms with E-state index in [9.17, 15) is 0 Å². The van der Waals surface area contributed by atoms with Crippen molar-refractivity contribution in [2.75, 3.05) is 0 Å². The molecule has 0 radical (unpaired) electrons. The van der Waals surface area contributed by atoms with Gasteiger partial charge in [-0.2, -0.15) is 0 Å². The molecule has 0 aliphatic carbocycles. The van der Waals surface area contributed by atoms with Gasteiger partial charge in [0.25, 0.3) is 0 Å². The molecule has 0 amide bonds. The maximum absolute atomic E-state index is 8.00. The third-order valence-electron chi connectivity index (χ3n) is 0. The second kappa shape index (κ2) is 27.2. The van der Waals surface area contributed by atoms with Gasteiger partial charge in [-0.05, 0) is 0 Å². The Hall–Kier alpha value is 0.329. The Kier molecular flexibility index (Phi) is 49.0. The zero-order valence-corrected chi connectivity index (χ0v) is 4.27. The summed E-state index contributed by atoms with van der Waals surface area (Å²) in [7, 11) is 0. The van der Waals surface area contributed by atoms with Crippen molar-refractivity contribution in [2.45, 2.75) is 0 Å². The molecule has 0 bridgehead atoms. The summed E-state index contributed by atoms with van der Waals surface area (Å²) < 4.78 is 8.00. The van der Waals surface area contributed by atoms with Crippen LogP contribution in [-0.2, 0) is 35.8 Å². The van der Waals surface area contributed by atoms with E-state index < -0.39 is 0 Å². The van der Waals surface area contributed by atoms with Crippen molar-refractivity contribution < 1.29 is 35.8 Å². The van der Waals surface area contributed by atoms with Crippen LogP contribution in [0.25, 0.3) is 0 Å². The molecule has 0 N–H and O–H groups in total. The fourth-order valence-electron chi connectivity index (χ4n) is 0. The van der Waals surface area contributed by atoms with Crippen LogP contribution in [0.15, 0.2) is 0 Å². The van der Waals surface area contributed by atoms with Gasteiger partial charge in [0, 0.05) is 0 Å². The van der Waals surface area contributed by atoms with Gasteiger partial charge < -0.3 is 0 Å². The monoisotopic (exact) mass is 154 g/mol. The molecule has 0 saturated carbocycles. The van der Waals surface area contributed by atoms with Gasteiger partial charge >= 0.3 is 46.0 Å². The Morgan fingerprint density at radius 3 is 1.60 bits per heavy atom. The van der Waals surface area contributed by atoms with Gasteiger partial charge in [0.05, 0.1) is 0 Å². The normalized spacial score (nSPS) is 2.60. The molecule has 0 saturated heterocycles. The zero-order chi connectivity index (χ0) is 4.71. The second-order valence-corrected chi connectivity index (χ2v) is 0.326. The molecular weight excluding hydrogens is 154 g/mol. The van der Waals surface area contributed by atoms with E-state index in [0.29, 0.717) is 0 Å². The average molecular weight is 154 g/mol. The Morgan fingerprint density at radius 1 is 1.60 bits per heavy atom. The Balaban J connectivity index is 0.